The highest BCUT2D eigenvalue weighted by atomic mass is 79.9. The van der Waals surface area contributed by atoms with Crippen molar-refractivity contribution in [1.82, 2.24) is 0 Å². The fraction of sp³-hybridized carbons (Fsp3) is 0.588. The number of anilines is 1. The fourth-order valence-corrected chi connectivity index (χ4v) is 3.87. The number of nitrogens with zero attached hydrogens (tertiary/aromatic N) is 1. The Bertz CT molecular complexity index is 460. The summed E-state index contributed by atoms with van der Waals surface area (Å²) in [6, 6.07) is 8.37. The van der Waals surface area contributed by atoms with E-state index in [9.17, 15) is 4.79 Å². The number of amides is 1. The van der Waals surface area contributed by atoms with E-state index >= 15 is 0 Å². The summed E-state index contributed by atoms with van der Waals surface area (Å²) in [5.74, 6) is 0.280. The van der Waals surface area contributed by atoms with Crippen LogP contribution in [0.25, 0.3) is 0 Å². The number of para-hydroxylation sites is 1. The predicted octanol–water partition coefficient (Wildman–Crippen LogP) is 4.56. The molecule has 110 valence electrons. The minimum absolute atomic E-state index is 0.174. The van der Waals surface area contributed by atoms with Crippen molar-refractivity contribution < 1.29 is 4.79 Å². The van der Waals surface area contributed by atoms with Gasteiger partial charge in [0.05, 0.1) is 0 Å². The Hall–Kier alpha value is -0.830. The molecule has 1 amide bonds. The van der Waals surface area contributed by atoms with Crippen LogP contribution in [0.3, 0.4) is 0 Å². The molecule has 0 aliphatic carbocycles. The molecule has 2 nitrogen and oxygen atoms in total. The number of carbonyl (C=O) groups excluding carboxylic acids is 1. The lowest BCUT2D eigenvalue weighted by atomic mass is 9.84. The highest BCUT2D eigenvalue weighted by molar-refractivity contribution is 9.09. The molecule has 3 heteroatoms. The first-order chi connectivity index (χ1) is 9.65. The Balaban J connectivity index is 2.35. The third kappa shape index (κ3) is 3.08. The quantitative estimate of drug-likeness (QED) is 0.721. The zero-order valence-corrected chi connectivity index (χ0v) is 14.1. The molecule has 20 heavy (non-hydrogen) atoms. The second-order valence-corrected chi connectivity index (χ2v) is 6.36. The van der Waals surface area contributed by atoms with Crippen LogP contribution in [-0.4, -0.2) is 17.8 Å². The highest BCUT2D eigenvalue weighted by Gasteiger charge is 2.32. The van der Waals surface area contributed by atoms with Crippen LogP contribution in [0.2, 0.25) is 0 Å². The van der Waals surface area contributed by atoms with Crippen LogP contribution in [-0.2, 0) is 11.2 Å². The Kier molecular flexibility index (Phi) is 5.25. The van der Waals surface area contributed by atoms with Crippen LogP contribution < -0.4 is 4.90 Å². The number of halogens is 1. The molecule has 1 aromatic carbocycles. The largest absolute Gasteiger partial charge is 0.312 e. The van der Waals surface area contributed by atoms with Crippen LogP contribution in [0.5, 0.6) is 0 Å². The summed E-state index contributed by atoms with van der Waals surface area (Å²) in [7, 11) is 0. The van der Waals surface area contributed by atoms with Gasteiger partial charge in [-0.2, -0.15) is 0 Å². The van der Waals surface area contributed by atoms with Crippen molar-refractivity contribution >= 4 is 27.5 Å². The summed E-state index contributed by atoms with van der Waals surface area (Å²) in [5.41, 5.74) is 2.61. The standard InChI is InChI=1S/C17H24BrNO/c1-3-17(4-2,12-18)13-19-15-10-6-5-8-14(15)9-7-11-16(19)20/h5-6,8,10H,3-4,7,9,11-13H2,1-2H3. The van der Waals surface area contributed by atoms with Gasteiger partial charge in [-0.25, -0.2) is 0 Å². The van der Waals surface area contributed by atoms with Crippen molar-refractivity contribution in [3.8, 4) is 0 Å². The monoisotopic (exact) mass is 337 g/mol. The van der Waals surface area contributed by atoms with Gasteiger partial charge in [-0.1, -0.05) is 48.0 Å². The molecule has 0 spiro atoms. The van der Waals surface area contributed by atoms with Gasteiger partial charge in [0.2, 0.25) is 5.91 Å². The average molecular weight is 338 g/mol. The number of carbonyl (C=O) groups is 1. The van der Waals surface area contributed by atoms with E-state index in [4.69, 9.17) is 0 Å². The van der Waals surface area contributed by atoms with Gasteiger partial charge in [0, 0.05) is 24.0 Å². The maximum atomic E-state index is 12.5. The molecule has 0 aromatic heterocycles. The molecule has 0 bridgehead atoms. The van der Waals surface area contributed by atoms with E-state index in [-0.39, 0.29) is 11.3 Å². The van der Waals surface area contributed by atoms with E-state index in [1.54, 1.807) is 0 Å². The van der Waals surface area contributed by atoms with Crippen LogP contribution in [0.4, 0.5) is 5.69 Å². The zero-order valence-electron chi connectivity index (χ0n) is 12.5. The number of hydrogen-bond acceptors (Lipinski definition) is 1. The lowest BCUT2D eigenvalue weighted by Crippen LogP contribution is -2.42. The Morgan fingerprint density at radius 3 is 2.55 bits per heavy atom. The van der Waals surface area contributed by atoms with E-state index < -0.39 is 0 Å². The Morgan fingerprint density at radius 2 is 1.90 bits per heavy atom. The molecule has 1 aromatic rings. The number of fused-ring (bicyclic) bond motifs is 1. The van der Waals surface area contributed by atoms with Crippen LogP contribution in [0.15, 0.2) is 24.3 Å². The first-order valence-electron chi connectivity index (χ1n) is 7.60. The van der Waals surface area contributed by atoms with Crippen LogP contribution in [0, 0.1) is 5.41 Å². The van der Waals surface area contributed by atoms with Crippen molar-refractivity contribution in [2.45, 2.75) is 46.0 Å². The molecule has 1 heterocycles. The average Bonchev–Trinajstić information content (AvgIpc) is 2.64. The van der Waals surface area contributed by atoms with Crippen molar-refractivity contribution in [2.24, 2.45) is 5.41 Å². The predicted molar refractivity (Wildman–Crippen MR) is 88.5 cm³/mol. The van der Waals surface area contributed by atoms with Crippen molar-refractivity contribution in [2.75, 3.05) is 16.8 Å². The molecule has 0 atom stereocenters. The summed E-state index contributed by atoms with van der Waals surface area (Å²) in [6.07, 6.45) is 4.81. The van der Waals surface area contributed by atoms with Crippen LogP contribution >= 0.6 is 15.9 Å². The van der Waals surface area contributed by atoms with Gasteiger partial charge < -0.3 is 4.90 Å². The third-order valence-electron chi connectivity index (χ3n) is 4.70. The van der Waals surface area contributed by atoms with Gasteiger partial charge in [0.15, 0.2) is 0 Å². The maximum absolute atomic E-state index is 12.5. The number of aryl methyl sites for hydroxylation is 1. The van der Waals surface area contributed by atoms with Gasteiger partial charge >= 0.3 is 0 Å². The molecule has 0 unspecified atom stereocenters. The highest BCUT2D eigenvalue weighted by Crippen LogP contribution is 2.34. The maximum Gasteiger partial charge on any atom is 0.227 e. The summed E-state index contributed by atoms with van der Waals surface area (Å²) in [5, 5.41) is 0.943. The molecule has 0 saturated heterocycles. The SMILES string of the molecule is CCC(CC)(CBr)CN1C(=O)CCCc2ccccc21. The van der Waals surface area contributed by atoms with E-state index in [2.05, 4.69) is 48.0 Å². The summed E-state index contributed by atoms with van der Waals surface area (Å²) in [6.45, 7) is 5.26. The molecular formula is C17H24BrNO. The molecule has 2 rings (SSSR count). The van der Waals surface area contributed by atoms with E-state index in [0.717, 1.165) is 43.2 Å². The minimum atomic E-state index is 0.174. The Morgan fingerprint density at radius 1 is 1.20 bits per heavy atom. The van der Waals surface area contributed by atoms with Crippen molar-refractivity contribution in [3.63, 3.8) is 0 Å². The fourth-order valence-electron chi connectivity index (χ4n) is 2.90. The third-order valence-corrected chi connectivity index (χ3v) is 5.89. The van der Waals surface area contributed by atoms with E-state index in [1.165, 1.54) is 5.56 Å². The topological polar surface area (TPSA) is 20.3 Å². The lowest BCUT2D eigenvalue weighted by Gasteiger charge is -2.36. The van der Waals surface area contributed by atoms with E-state index in [1.807, 2.05) is 11.0 Å². The molecular weight excluding hydrogens is 314 g/mol. The van der Waals surface area contributed by atoms with Gasteiger partial charge in [-0.3, -0.25) is 4.79 Å². The molecule has 0 fully saturated rings. The lowest BCUT2D eigenvalue weighted by molar-refractivity contribution is -0.118. The Labute approximate surface area is 130 Å². The molecule has 1 aliphatic rings. The van der Waals surface area contributed by atoms with Crippen molar-refractivity contribution in [1.29, 1.82) is 0 Å². The summed E-state index contributed by atoms with van der Waals surface area (Å²) in [4.78, 5) is 14.6. The number of alkyl halides is 1. The number of rotatable bonds is 5. The first kappa shape index (κ1) is 15.6. The first-order valence-corrected chi connectivity index (χ1v) is 8.72. The van der Waals surface area contributed by atoms with E-state index in [0.29, 0.717) is 6.42 Å². The molecule has 0 N–H and O–H groups in total. The van der Waals surface area contributed by atoms with Crippen molar-refractivity contribution in [3.05, 3.63) is 29.8 Å². The molecule has 0 radical (unpaired) electrons. The van der Waals surface area contributed by atoms with Gasteiger partial charge in [0.25, 0.3) is 0 Å². The second kappa shape index (κ2) is 6.75. The molecule has 0 saturated carbocycles. The van der Waals surface area contributed by atoms with Gasteiger partial charge in [0.1, 0.15) is 0 Å². The molecule has 1 aliphatic heterocycles. The smallest absolute Gasteiger partial charge is 0.227 e. The normalized spacial score (nSPS) is 15.9. The van der Waals surface area contributed by atoms with Gasteiger partial charge in [-0.15, -0.1) is 0 Å². The second-order valence-electron chi connectivity index (χ2n) is 5.80. The number of hydrogen-bond donors (Lipinski definition) is 0. The van der Waals surface area contributed by atoms with Crippen LogP contribution in [0.1, 0.15) is 45.1 Å². The summed E-state index contributed by atoms with van der Waals surface area (Å²) >= 11 is 3.66. The zero-order chi connectivity index (χ0) is 14.6. The summed E-state index contributed by atoms with van der Waals surface area (Å²) < 4.78 is 0. The minimum Gasteiger partial charge on any atom is -0.312 e. The number of benzene rings is 1. The van der Waals surface area contributed by atoms with Gasteiger partial charge in [-0.05, 0) is 42.7 Å².